The number of hydrogen-bond acceptors (Lipinski definition) is 9. The molecule has 0 amide bonds. The number of hydrogen-bond donors (Lipinski definition) is 1. The zero-order chi connectivity index (χ0) is 25.9. The first-order chi connectivity index (χ1) is 18.2. The predicted molar refractivity (Wildman–Crippen MR) is 142 cm³/mol. The maximum absolute atomic E-state index is 14.3. The molecule has 0 saturated carbocycles. The Morgan fingerprint density at radius 2 is 1.73 bits per heavy atom. The van der Waals surface area contributed by atoms with Crippen LogP contribution in [0.5, 0.6) is 11.5 Å². The van der Waals surface area contributed by atoms with Gasteiger partial charge in [-0.25, -0.2) is 4.39 Å². The fourth-order valence-electron chi connectivity index (χ4n) is 3.51. The van der Waals surface area contributed by atoms with Gasteiger partial charge in [-0.1, -0.05) is 24.3 Å². The summed E-state index contributed by atoms with van der Waals surface area (Å²) in [5, 5.41) is 6.12. The third kappa shape index (κ3) is 7.61. The molecule has 2 aromatic carbocycles. The molecule has 4 aromatic rings. The SMILES string of the molecule is COCCOCCOCCNCc1ccc(-c2cc3nccc(Oc4ccc(N=O)cc4F)c3s2)cc1. The Kier molecular flexibility index (Phi) is 10.0. The van der Waals surface area contributed by atoms with E-state index in [-0.39, 0.29) is 11.4 Å². The first-order valence-corrected chi connectivity index (χ1v) is 12.6. The molecule has 2 aromatic heterocycles. The highest BCUT2D eigenvalue weighted by atomic mass is 32.1. The third-order valence-corrected chi connectivity index (χ3v) is 6.60. The maximum atomic E-state index is 14.3. The van der Waals surface area contributed by atoms with E-state index in [4.69, 9.17) is 18.9 Å². The van der Waals surface area contributed by atoms with Crippen molar-refractivity contribution in [2.75, 3.05) is 46.7 Å². The van der Waals surface area contributed by atoms with Crippen LogP contribution in [0.15, 0.2) is 66.0 Å². The lowest BCUT2D eigenvalue weighted by atomic mass is 10.1. The second-order valence-corrected chi connectivity index (χ2v) is 9.09. The molecular weight excluding hydrogens is 497 g/mol. The van der Waals surface area contributed by atoms with Crippen molar-refractivity contribution in [2.45, 2.75) is 6.54 Å². The smallest absolute Gasteiger partial charge is 0.167 e. The quantitative estimate of drug-likeness (QED) is 0.149. The van der Waals surface area contributed by atoms with Crippen molar-refractivity contribution in [3.63, 3.8) is 0 Å². The molecular formula is C27H28FN3O5S. The Hall–Kier alpha value is -3.28. The van der Waals surface area contributed by atoms with E-state index in [2.05, 4.69) is 39.7 Å². The summed E-state index contributed by atoms with van der Waals surface area (Å²) in [6, 6.07) is 15.8. The van der Waals surface area contributed by atoms with Crippen LogP contribution in [0.1, 0.15) is 5.56 Å². The highest BCUT2D eigenvalue weighted by Gasteiger charge is 2.13. The number of ether oxygens (including phenoxy) is 4. The molecule has 0 aliphatic carbocycles. The lowest BCUT2D eigenvalue weighted by Gasteiger charge is -2.08. The van der Waals surface area contributed by atoms with Crippen LogP contribution in [0, 0.1) is 10.7 Å². The summed E-state index contributed by atoms with van der Waals surface area (Å²) in [5.41, 5.74) is 2.99. The number of nitrogens with zero attached hydrogens (tertiary/aromatic N) is 2. The number of rotatable bonds is 15. The molecule has 1 N–H and O–H groups in total. The Labute approximate surface area is 218 Å². The van der Waals surface area contributed by atoms with Crippen LogP contribution < -0.4 is 10.1 Å². The first kappa shape index (κ1) is 26.8. The number of halogens is 1. The van der Waals surface area contributed by atoms with Crippen molar-refractivity contribution in [2.24, 2.45) is 5.18 Å². The molecule has 0 bridgehead atoms. The topological polar surface area (TPSA) is 91.3 Å². The van der Waals surface area contributed by atoms with Gasteiger partial charge in [-0.05, 0) is 34.5 Å². The summed E-state index contributed by atoms with van der Waals surface area (Å²) in [7, 11) is 1.65. The van der Waals surface area contributed by atoms with Crippen LogP contribution in [0.3, 0.4) is 0 Å². The summed E-state index contributed by atoms with van der Waals surface area (Å²) in [5.74, 6) is -0.134. The monoisotopic (exact) mass is 525 g/mol. The summed E-state index contributed by atoms with van der Waals surface area (Å²) in [4.78, 5) is 16.1. The van der Waals surface area contributed by atoms with E-state index < -0.39 is 5.82 Å². The van der Waals surface area contributed by atoms with Gasteiger partial charge in [0.15, 0.2) is 11.6 Å². The van der Waals surface area contributed by atoms with Crippen molar-refractivity contribution in [3.8, 4) is 21.9 Å². The molecule has 0 unspecified atom stereocenters. The molecule has 2 heterocycles. The highest BCUT2D eigenvalue weighted by Crippen LogP contribution is 2.39. The fourth-order valence-corrected chi connectivity index (χ4v) is 4.58. The Bertz CT molecular complexity index is 1300. The number of fused-ring (bicyclic) bond motifs is 1. The molecule has 0 spiro atoms. The average molecular weight is 526 g/mol. The molecule has 8 nitrogen and oxygen atoms in total. The Morgan fingerprint density at radius 3 is 2.49 bits per heavy atom. The van der Waals surface area contributed by atoms with Crippen molar-refractivity contribution >= 4 is 27.2 Å². The normalized spacial score (nSPS) is 11.2. The van der Waals surface area contributed by atoms with Crippen LogP contribution in [-0.2, 0) is 20.8 Å². The lowest BCUT2D eigenvalue weighted by Crippen LogP contribution is -2.20. The highest BCUT2D eigenvalue weighted by molar-refractivity contribution is 7.22. The number of aromatic nitrogens is 1. The summed E-state index contributed by atoms with van der Waals surface area (Å²) >= 11 is 1.52. The van der Waals surface area contributed by atoms with Crippen LogP contribution >= 0.6 is 11.3 Å². The molecule has 0 aliphatic heterocycles. The largest absolute Gasteiger partial charge is 0.453 e. The van der Waals surface area contributed by atoms with E-state index in [1.165, 1.54) is 29.0 Å². The van der Waals surface area contributed by atoms with Crippen molar-refractivity contribution in [1.29, 1.82) is 0 Å². The van der Waals surface area contributed by atoms with Gasteiger partial charge in [0.05, 0.1) is 43.3 Å². The van der Waals surface area contributed by atoms with Gasteiger partial charge in [0.1, 0.15) is 11.4 Å². The fraction of sp³-hybridized carbons (Fsp3) is 0.296. The number of thiophene rings is 1. The number of benzene rings is 2. The zero-order valence-electron chi connectivity index (χ0n) is 20.4. The van der Waals surface area contributed by atoms with E-state index in [0.29, 0.717) is 38.8 Å². The third-order valence-electron chi connectivity index (χ3n) is 5.41. The van der Waals surface area contributed by atoms with Gasteiger partial charge < -0.3 is 24.3 Å². The van der Waals surface area contributed by atoms with Crippen LogP contribution in [-0.4, -0.2) is 51.7 Å². The second kappa shape index (κ2) is 13.9. The molecule has 37 heavy (non-hydrogen) atoms. The van der Waals surface area contributed by atoms with Crippen molar-refractivity contribution < 1.29 is 23.3 Å². The molecule has 194 valence electrons. The number of methoxy groups -OCH3 is 1. The van der Waals surface area contributed by atoms with Gasteiger partial charge in [-0.2, -0.15) is 0 Å². The van der Waals surface area contributed by atoms with Crippen molar-refractivity contribution in [3.05, 3.63) is 77.1 Å². The predicted octanol–water partition coefficient (Wildman–Crippen LogP) is 6.06. The first-order valence-electron chi connectivity index (χ1n) is 11.8. The van der Waals surface area contributed by atoms with E-state index in [9.17, 15) is 9.30 Å². The number of nitrogens with one attached hydrogen (secondary N) is 1. The zero-order valence-corrected chi connectivity index (χ0v) is 21.3. The minimum absolute atomic E-state index is 0.00892. The summed E-state index contributed by atoms with van der Waals surface area (Å²) in [6.07, 6.45) is 1.63. The van der Waals surface area contributed by atoms with Crippen LogP contribution in [0.4, 0.5) is 10.1 Å². The molecule has 0 radical (unpaired) electrons. The van der Waals surface area contributed by atoms with Crippen molar-refractivity contribution in [1.82, 2.24) is 10.3 Å². The van der Waals surface area contributed by atoms with E-state index in [0.717, 1.165) is 39.8 Å². The molecule has 0 atom stereocenters. The van der Waals surface area contributed by atoms with Gasteiger partial charge in [-0.15, -0.1) is 16.2 Å². The minimum atomic E-state index is -0.651. The Balaban J connectivity index is 1.31. The van der Waals surface area contributed by atoms with Gasteiger partial charge in [0.25, 0.3) is 0 Å². The molecule has 10 heteroatoms. The van der Waals surface area contributed by atoms with E-state index >= 15 is 0 Å². The molecule has 0 saturated heterocycles. The Morgan fingerprint density at radius 1 is 0.946 bits per heavy atom. The van der Waals surface area contributed by atoms with Gasteiger partial charge >= 0.3 is 0 Å². The molecule has 0 aliphatic rings. The van der Waals surface area contributed by atoms with E-state index in [1.54, 1.807) is 19.4 Å². The van der Waals surface area contributed by atoms with Gasteiger partial charge in [-0.3, -0.25) is 4.98 Å². The second-order valence-electron chi connectivity index (χ2n) is 8.03. The molecule has 0 fully saturated rings. The molecule has 4 rings (SSSR count). The summed E-state index contributed by atoms with van der Waals surface area (Å²) in [6.45, 7) is 4.41. The maximum Gasteiger partial charge on any atom is 0.167 e. The number of pyridine rings is 1. The van der Waals surface area contributed by atoms with Crippen LogP contribution in [0.25, 0.3) is 20.7 Å². The lowest BCUT2D eigenvalue weighted by molar-refractivity contribution is 0.0255. The standard InChI is InChI=1S/C27H28FN3O5S/c1-33-12-13-35-15-14-34-11-10-29-18-19-2-4-20(5-3-19)26-17-23-27(37-26)25(8-9-30-23)36-24-7-6-21(31-32)16-22(24)28/h2-9,16-17,29H,10-15,18H2,1H3. The minimum Gasteiger partial charge on any atom is -0.453 e. The van der Waals surface area contributed by atoms with Gasteiger partial charge in [0, 0.05) is 43.4 Å². The average Bonchev–Trinajstić information content (AvgIpc) is 3.36. The van der Waals surface area contributed by atoms with Gasteiger partial charge in [0.2, 0.25) is 0 Å². The van der Waals surface area contributed by atoms with E-state index in [1.807, 2.05) is 6.07 Å². The summed E-state index contributed by atoms with van der Waals surface area (Å²) < 4.78 is 36.7. The van der Waals surface area contributed by atoms with Crippen LogP contribution in [0.2, 0.25) is 0 Å². The number of nitroso groups, excluding NO2 is 1.